The second-order valence-corrected chi connectivity index (χ2v) is 6.08. The molecule has 0 saturated heterocycles. The van der Waals surface area contributed by atoms with Gasteiger partial charge in [0.2, 0.25) is 0 Å². The van der Waals surface area contributed by atoms with Gasteiger partial charge in [0.05, 0.1) is 25.3 Å². The summed E-state index contributed by atoms with van der Waals surface area (Å²) >= 11 is 3.24. The fourth-order valence-corrected chi connectivity index (χ4v) is 2.58. The molecule has 0 aliphatic heterocycles. The van der Waals surface area contributed by atoms with Gasteiger partial charge < -0.3 is 10.1 Å². The Kier molecular flexibility index (Phi) is 7.06. The first-order valence-electron chi connectivity index (χ1n) is 7.70. The van der Waals surface area contributed by atoms with E-state index >= 15 is 0 Å². The summed E-state index contributed by atoms with van der Waals surface area (Å²) in [6, 6.07) is 15.5. The number of halogens is 1. The number of ether oxygens (including phenoxy) is 1. The summed E-state index contributed by atoms with van der Waals surface area (Å²) in [5.41, 5.74) is 1.10. The van der Waals surface area contributed by atoms with E-state index in [4.69, 9.17) is 4.74 Å². The number of nitrogens with one attached hydrogen (secondary N) is 1. The molecular formula is C19H16BrN3O3. The van der Waals surface area contributed by atoms with Gasteiger partial charge in [-0.3, -0.25) is 9.59 Å². The lowest BCUT2D eigenvalue weighted by atomic mass is 10.0. The van der Waals surface area contributed by atoms with Crippen molar-refractivity contribution in [1.29, 1.82) is 5.26 Å². The predicted octanol–water partition coefficient (Wildman–Crippen LogP) is 3.17. The topological polar surface area (TPSA) is 92.1 Å². The minimum absolute atomic E-state index is 0.0416. The van der Waals surface area contributed by atoms with E-state index in [0.29, 0.717) is 10.3 Å². The molecule has 2 rings (SSSR count). The SMILES string of the molecule is COC(=O)C[C@H](NC(=O)/C(C#N)=C/c1cccc(Br)n1)c1ccccc1. The van der Waals surface area contributed by atoms with E-state index in [2.05, 4.69) is 26.2 Å². The van der Waals surface area contributed by atoms with Crippen molar-refractivity contribution in [3.63, 3.8) is 0 Å². The molecule has 0 bridgehead atoms. The highest BCUT2D eigenvalue weighted by atomic mass is 79.9. The van der Waals surface area contributed by atoms with Crippen molar-refractivity contribution in [3.05, 3.63) is 70.0 Å². The summed E-state index contributed by atoms with van der Waals surface area (Å²) in [4.78, 5) is 28.4. The number of hydrogen-bond acceptors (Lipinski definition) is 5. The number of esters is 1. The molecule has 1 N–H and O–H groups in total. The normalized spacial score (nSPS) is 12.0. The summed E-state index contributed by atoms with van der Waals surface area (Å²) in [6.45, 7) is 0. The molecule has 6 nitrogen and oxygen atoms in total. The molecule has 0 saturated carbocycles. The van der Waals surface area contributed by atoms with Crippen LogP contribution in [0.3, 0.4) is 0 Å². The lowest BCUT2D eigenvalue weighted by Crippen LogP contribution is -2.31. The zero-order chi connectivity index (χ0) is 18.9. The van der Waals surface area contributed by atoms with Gasteiger partial charge in [-0.05, 0) is 39.7 Å². The van der Waals surface area contributed by atoms with E-state index in [0.717, 1.165) is 5.56 Å². The van der Waals surface area contributed by atoms with Crippen molar-refractivity contribution in [3.8, 4) is 6.07 Å². The Morgan fingerprint density at radius 1 is 1.27 bits per heavy atom. The number of hydrogen-bond donors (Lipinski definition) is 1. The molecule has 1 heterocycles. The number of benzene rings is 1. The van der Waals surface area contributed by atoms with Crippen LogP contribution < -0.4 is 5.32 Å². The Labute approximate surface area is 159 Å². The Bertz CT molecular complexity index is 860. The number of pyridine rings is 1. The van der Waals surface area contributed by atoms with Gasteiger partial charge in [0, 0.05) is 0 Å². The molecular weight excluding hydrogens is 398 g/mol. The van der Waals surface area contributed by atoms with Crippen LogP contribution in [0.15, 0.2) is 58.7 Å². The van der Waals surface area contributed by atoms with E-state index < -0.39 is 17.9 Å². The van der Waals surface area contributed by atoms with Gasteiger partial charge in [0.1, 0.15) is 16.2 Å². The average Bonchev–Trinajstić information content (AvgIpc) is 2.66. The highest BCUT2D eigenvalue weighted by Gasteiger charge is 2.20. The number of nitrogens with zero attached hydrogens (tertiary/aromatic N) is 2. The maximum absolute atomic E-state index is 12.5. The fraction of sp³-hybridized carbons (Fsp3) is 0.158. The lowest BCUT2D eigenvalue weighted by Gasteiger charge is -2.18. The number of nitriles is 1. The van der Waals surface area contributed by atoms with Crippen LogP contribution in [-0.4, -0.2) is 24.0 Å². The summed E-state index contributed by atoms with van der Waals surface area (Å²) in [5.74, 6) is -1.05. The van der Waals surface area contributed by atoms with Gasteiger partial charge in [-0.2, -0.15) is 5.26 Å². The standard InChI is InChI=1S/C19H16BrN3O3/c1-26-18(24)11-16(13-6-3-2-4-7-13)23-19(25)14(12-21)10-15-8-5-9-17(20)22-15/h2-10,16H,11H2,1H3,(H,23,25)/b14-10+/t16-/m0/s1. The highest BCUT2D eigenvalue weighted by Crippen LogP contribution is 2.18. The number of methoxy groups -OCH3 is 1. The number of amides is 1. The number of rotatable bonds is 6. The van der Waals surface area contributed by atoms with Crippen LogP contribution in [0.1, 0.15) is 23.7 Å². The van der Waals surface area contributed by atoms with Crippen molar-refractivity contribution in [1.82, 2.24) is 10.3 Å². The second-order valence-electron chi connectivity index (χ2n) is 5.27. The molecule has 1 atom stereocenters. The van der Waals surface area contributed by atoms with Gasteiger partial charge in [-0.1, -0.05) is 36.4 Å². The van der Waals surface area contributed by atoms with Crippen LogP contribution in [0.2, 0.25) is 0 Å². The Hall–Kier alpha value is -2.98. The first-order chi connectivity index (χ1) is 12.5. The summed E-state index contributed by atoms with van der Waals surface area (Å²) < 4.78 is 5.29. The number of aromatic nitrogens is 1. The minimum atomic E-state index is -0.608. The Balaban J connectivity index is 2.24. The van der Waals surface area contributed by atoms with Gasteiger partial charge in [-0.15, -0.1) is 0 Å². The molecule has 0 spiro atoms. The molecule has 0 radical (unpaired) electrons. The van der Waals surface area contributed by atoms with Crippen molar-refractivity contribution in [2.45, 2.75) is 12.5 Å². The van der Waals surface area contributed by atoms with Crippen molar-refractivity contribution in [2.75, 3.05) is 7.11 Å². The van der Waals surface area contributed by atoms with Crippen LogP contribution in [0.5, 0.6) is 0 Å². The maximum Gasteiger partial charge on any atom is 0.307 e. The van der Waals surface area contributed by atoms with Gasteiger partial charge >= 0.3 is 5.97 Å². The Morgan fingerprint density at radius 3 is 2.62 bits per heavy atom. The van der Waals surface area contributed by atoms with Crippen molar-refractivity contribution in [2.24, 2.45) is 0 Å². The van der Waals surface area contributed by atoms with Gasteiger partial charge in [-0.25, -0.2) is 4.98 Å². The maximum atomic E-state index is 12.5. The molecule has 1 amide bonds. The van der Waals surface area contributed by atoms with Crippen molar-refractivity contribution < 1.29 is 14.3 Å². The zero-order valence-corrected chi connectivity index (χ0v) is 15.6. The molecule has 1 aromatic carbocycles. The fourth-order valence-electron chi connectivity index (χ4n) is 2.22. The highest BCUT2D eigenvalue weighted by molar-refractivity contribution is 9.10. The Morgan fingerprint density at radius 2 is 2.00 bits per heavy atom. The molecule has 0 unspecified atom stereocenters. The monoisotopic (exact) mass is 413 g/mol. The summed E-state index contributed by atoms with van der Waals surface area (Å²) in [5, 5.41) is 12.0. The largest absolute Gasteiger partial charge is 0.469 e. The predicted molar refractivity (Wildman–Crippen MR) is 99.5 cm³/mol. The minimum Gasteiger partial charge on any atom is -0.469 e. The molecule has 0 aliphatic carbocycles. The third-order valence-corrected chi connectivity index (χ3v) is 3.94. The van der Waals surface area contributed by atoms with Gasteiger partial charge in [0.25, 0.3) is 5.91 Å². The molecule has 26 heavy (non-hydrogen) atoms. The molecule has 132 valence electrons. The van der Waals surface area contributed by atoms with Crippen LogP contribution in [0.4, 0.5) is 0 Å². The van der Waals surface area contributed by atoms with E-state index in [1.54, 1.807) is 42.5 Å². The quantitative estimate of drug-likeness (QED) is 0.339. The third kappa shape index (κ3) is 5.53. The van der Waals surface area contributed by atoms with E-state index in [-0.39, 0.29) is 12.0 Å². The molecule has 0 aliphatic rings. The van der Waals surface area contributed by atoms with Crippen molar-refractivity contribution >= 4 is 33.9 Å². The lowest BCUT2D eigenvalue weighted by molar-refractivity contribution is -0.141. The average molecular weight is 414 g/mol. The third-order valence-electron chi connectivity index (χ3n) is 3.50. The second kappa shape index (κ2) is 9.49. The smallest absolute Gasteiger partial charge is 0.307 e. The molecule has 7 heteroatoms. The van der Waals surface area contributed by atoms with Crippen LogP contribution in [0, 0.1) is 11.3 Å². The van der Waals surface area contributed by atoms with E-state index in [9.17, 15) is 14.9 Å². The van der Waals surface area contributed by atoms with Crippen LogP contribution in [-0.2, 0) is 14.3 Å². The van der Waals surface area contributed by atoms with Gasteiger partial charge in [0.15, 0.2) is 0 Å². The summed E-state index contributed by atoms with van der Waals surface area (Å²) in [7, 11) is 1.28. The number of carbonyl (C=O) groups excluding carboxylic acids is 2. The summed E-state index contributed by atoms with van der Waals surface area (Å²) in [6.07, 6.45) is 1.35. The number of carbonyl (C=O) groups is 2. The van der Waals surface area contributed by atoms with E-state index in [1.807, 2.05) is 12.1 Å². The first-order valence-corrected chi connectivity index (χ1v) is 8.49. The zero-order valence-electron chi connectivity index (χ0n) is 14.0. The molecule has 1 aromatic heterocycles. The molecule has 2 aromatic rings. The van der Waals surface area contributed by atoms with Crippen LogP contribution in [0.25, 0.3) is 6.08 Å². The van der Waals surface area contributed by atoms with Crippen LogP contribution >= 0.6 is 15.9 Å². The van der Waals surface area contributed by atoms with E-state index in [1.165, 1.54) is 13.2 Å². The first kappa shape index (κ1) is 19.3. The molecule has 0 fully saturated rings.